The predicted octanol–water partition coefficient (Wildman–Crippen LogP) is 5.51. The molecule has 0 spiro atoms. The first-order valence-electron chi connectivity index (χ1n) is 6.66. The number of esters is 1. The van der Waals surface area contributed by atoms with Crippen LogP contribution in [0.15, 0.2) is 34.8 Å². The minimum atomic E-state index is -0.672. The molecule has 2 aromatic rings. The van der Waals surface area contributed by atoms with E-state index >= 15 is 0 Å². The molecule has 0 unspecified atom stereocenters. The van der Waals surface area contributed by atoms with Gasteiger partial charge >= 0.3 is 5.97 Å². The molecule has 0 bridgehead atoms. The van der Waals surface area contributed by atoms with Gasteiger partial charge in [0.25, 0.3) is 5.91 Å². The van der Waals surface area contributed by atoms with Gasteiger partial charge in [0.05, 0.1) is 20.6 Å². The van der Waals surface area contributed by atoms with Crippen LogP contribution in [-0.4, -0.2) is 18.5 Å². The molecule has 0 aliphatic rings. The molecule has 2 aromatic carbocycles. The molecule has 0 fully saturated rings. The van der Waals surface area contributed by atoms with Gasteiger partial charge in [-0.2, -0.15) is 0 Å². The van der Waals surface area contributed by atoms with Crippen LogP contribution in [0, 0.1) is 6.92 Å². The third-order valence-corrected chi connectivity index (χ3v) is 5.22. The molecule has 0 radical (unpaired) electrons. The second kappa shape index (κ2) is 8.21. The molecule has 1 N–H and O–H groups in total. The van der Waals surface area contributed by atoms with Crippen LogP contribution >= 0.6 is 50.7 Å². The van der Waals surface area contributed by atoms with Crippen molar-refractivity contribution >= 4 is 68.3 Å². The maximum atomic E-state index is 11.9. The fraction of sp³-hybridized carbons (Fsp3) is 0.125. The van der Waals surface area contributed by atoms with Gasteiger partial charge in [0.15, 0.2) is 6.61 Å². The van der Waals surface area contributed by atoms with Crippen LogP contribution in [0.1, 0.15) is 15.9 Å². The third kappa shape index (κ3) is 4.63. The Morgan fingerprint density at radius 3 is 2.50 bits per heavy atom. The summed E-state index contributed by atoms with van der Waals surface area (Å²) in [5.74, 6) is -1.15. The summed E-state index contributed by atoms with van der Waals surface area (Å²) >= 11 is 21.0. The zero-order valence-electron chi connectivity index (χ0n) is 12.3. The highest BCUT2D eigenvalue weighted by Crippen LogP contribution is 2.31. The van der Waals surface area contributed by atoms with Crippen LogP contribution in [0.25, 0.3) is 0 Å². The van der Waals surface area contributed by atoms with Crippen molar-refractivity contribution in [1.29, 1.82) is 0 Å². The lowest BCUT2D eigenvalue weighted by Gasteiger charge is -2.11. The molecule has 4 nitrogen and oxygen atoms in total. The summed E-state index contributed by atoms with van der Waals surface area (Å²) in [6.45, 7) is 1.33. The summed E-state index contributed by atoms with van der Waals surface area (Å²) < 4.78 is 5.68. The number of carbonyl (C=O) groups excluding carboxylic acids is 2. The Hall–Kier alpha value is -1.27. The van der Waals surface area contributed by atoms with Crippen LogP contribution in [-0.2, 0) is 9.53 Å². The number of hydrogen-bond acceptors (Lipinski definition) is 3. The summed E-state index contributed by atoms with van der Waals surface area (Å²) in [5, 5.41) is 3.70. The number of anilines is 1. The molecule has 1 amide bonds. The van der Waals surface area contributed by atoms with Crippen LogP contribution in [0.5, 0.6) is 0 Å². The standard InChI is InChI=1S/C16H11BrCl3NO3/c1-8-13(5-3-10(17)15(8)20)21-14(22)7-24-16(23)9-2-4-11(18)12(19)6-9/h2-6H,7H2,1H3,(H,21,22). The fourth-order valence-corrected chi connectivity index (χ4v) is 2.70. The van der Waals surface area contributed by atoms with Crippen molar-refractivity contribution in [1.82, 2.24) is 0 Å². The summed E-state index contributed by atoms with van der Waals surface area (Å²) in [6.07, 6.45) is 0. The van der Waals surface area contributed by atoms with Crippen molar-refractivity contribution in [2.75, 3.05) is 11.9 Å². The molecule has 2 rings (SSSR count). The molecule has 0 saturated carbocycles. The minimum absolute atomic E-state index is 0.208. The highest BCUT2D eigenvalue weighted by atomic mass is 79.9. The Kier molecular flexibility index (Phi) is 6.52. The maximum Gasteiger partial charge on any atom is 0.338 e. The summed E-state index contributed by atoms with van der Waals surface area (Å²) in [6, 6.07) is 7.74. The van der Waals surface area contributed by atoms with Gasteiger partial charge in [-0.25, -0.2) is 4.79 Å². The zero-order valence-corrected chi connectivity index (χ0v) is 16.2. The van der Waals surface area contributed by atoms with E-state index in [0.717, 1.165) is 4.47 Å². The second-order valence-electron chi connectivity index (χ2n) is 4.79. The van der Waals surface area contributed by atoms with Gasteiger partial charge in [-0.15, -0.1) is 0 Å². The number of rotatable bonds is 4. The van der Waals surface area contributed by atoms with E-state index in [1.165, 1.54) is 18.2 Å². The quantitative estimate of drug-likeness (QED) is 0.624. The van der Waals surface area contributed by atoms with Gasteiger partial charge in [0.1, 0.15) is 0 Å². The van der Waals surface area contributed by atoms with E-state index < -0.39 is 18.5 Å². The van der Waals surface area contributed by atoms with Crippen LogP contribution in [0.4, 0.5) is 5.69 Å². The minimum Gasteiger partial charge on any atom is -0.452 e. The number of benzene rings is 2. The van der Waals surface area contributed by atoms with Crippen molar-refractivity contribution in [3.63, 3.8) is 0 Å². The van der Waals surface area contributed by atoms with E-state index in [0.29, 0.717) is 21.3 Å². The molecule has 0 aromatic heterocycles. The number of hydrogen-bond donors (Lipinski definition) is 1. The number of halogens is 4. The highest BCUT2D eigenvalue weighted by Gasteiger charge is 2.13. The van der Waals surface area contributed by atoms with Crippen molar-refractivity contribution in [3.8, 4) is 0 Å². The lowest BCUT2D eigenvalue weighted by molar-refractivity contribution is -0.119. The molecule has 0 aliphatic carbocycles. The topological polar surface area (TPSA) is 55.4 Å². The first-order chi connectivity index (χ1) is 11.3. The Morgan fingerprint density at radius 2 is 1.83 bits per heavy atom. The van der Waals surface area contributed by atoms with Gasteiger partial charge in [0.2, 0.25) is 0 Å². The molecule has 0 atom stereocenters. The molecule has 8 heteroatoms. The van der Waals surface area contributed by atoms with Crippen molar-refractivity contribution in [2.24, 2.45) is 0 Å². The molecular weight excluding hydrogens is 440 g/mol. The first-order valence-corrected chi connectivity index (χ1v) is 8.59. The number of nitrogens with one attached hydrogen (secondary N) is 1. The average Bonchev–Trinajstić information content (AvgIpc) is 2.55. The summed E-state index contributed by atoms with van der Waals surface area (Å²) in [5.41, 5.74) is 1.45. The first kappa shape index (κ1) is 19.1. The van der Waals surface area contributed by atoms with Crippen molar-refractivity contribution in [3.05, 3.63) is 61.0 Å². The van der Waals surface area contributed by atoms with E-state index in [1.807, 2.05) is 0 Å². The van der Waals surface area contributed by atoms with Gasteiger partial charge in [-0.05, 0) is 58.7 Å². The van der Waals surface area contributed by atoms with E-state index in [9.17, 15) is 9.59 Å². The Balaban J connectivity index is 1.97. The number of carbonyl (C=O) groups is 2. The van der Waals surface area contributed by atoms with E-state index in [1.54, 1.807) is 19.1 Å². The molecule has 0 saturated heterocycles. The van der Waals surface area contributed by atoms with Gasteiger partial charge < -0.3 is 10.1 Å². The third-order valence-electron chi connectivity index (χ3n) is 3.10. The van der Waals surface area contributed by atoms with Crippen LogP contribution in [0.2, 0.25) is 15.1 Å². The molecule has 126 valence electrons. The molecular formula is C16H11BrCl3NO3. The Labute approximate surface area is 162 Å². The molecule has 24 heavy (non-hydrogen) atoms. The van der Waals surface area contributed by atoms with E-state index in [2.05, 4.69) is 21.2 Å². The molecule has 0 aliphatic heterocycles. The van der Waals surface area contributed by atoms with Gasteiger partial charge in [-0.1, -0.05) is 34.8 Å². The fourth-order valence-electron chi connectivity index (χ4n) is 1.81. The largest absolute Gasteiger partial charge is 0.452 e. The lowest BCUT2D eigenvalue weighted by atomic mass is 10.2. The number of ether oxygens (including phenoxy) is 1. The average molecular weight is 452 g/mol. The van der Waals surface area contributed by atoms with E-state index in [-0.39, 0.29) is 10.6 Å². The SMILES string of the molecule is Cc1c(NC(=O)COC(=O)c2ccc(Cl)c(Cl)c2)ccc(Br)c1Cl. The van der Waals surface area contributed by atoms with E-state index in [4.69, 9.17) is 39.5 Å². The monoisotopic (exact) mass is 449 g/mol. The Bertz CT molecular complexity index is 811. The van der Waals surface area contributed by atoms with Crippen molar-refractivity contribution < 1.29 is 14.3 Å². The van der Waals surface area contributed by atoms with Crippen LogP contribution < -0.4 is 5.32 Å². The second-order valence-corrected chi connectivity index (χ2v) is 6.83. The van der Waals surface area contributed by atoms with Crippen molar-refractivity contribution in [2.45, 2.75) is 6.92 Å². The lowest BCUT2D eigenvalue weighted by Crippen LogP contribution is -2.21. The maximum absolute atomic E-state index is 11.9. The zero-order chi connectivity index (χ0) is 17.9. The van der Waals surface area contributed by atoms with Crippen LogP contribution in [0.3, 0.4) is 0 Å². The summed E-state index contributed by atoms with van der Waals surface area (Å²) in [7, 11) is 0. The van der Waals surface area contributed by atoms with Gasteiger partial charge in [-0.3, -0.25) is 4.79 Å². The summed E-state index contributed by atoms with van der Waals surface area (Å²) in [4.78, 5) is 23.8. The van der Waals surface area contributed by atoms with Gasteiger partial charge in [0, 0.05) is 10.2 Å². The normalized spacial score (nSPS) is 10.4. The predicted molar refractivity (Wildman–Crippen MR) is 99.3 cm³/mol. The molecule has 0 heterocycles. The Morgan fingerprint density at radius 1 is 1.12 bits per heavy atom. The number of amides is 1. The smallest absolute Gasteiger partial charge is 0.338 e. The highest BCUT2D eigenvalue weighted by molar-refractivity contribution is 9.10.